The van der Waals surface area contributed by atoms with E-state index in [0.29, 0.717) is 13.0 Å². The highest BCUT2D eigenvalue weighted by molar-refractivity contribution is 5.95. The quantitative estimate of drug-likeness (QED) is 0.516. The first-order chi connectivity index (χ1) is 16.7. The standard InChI is InChI=1S/C24H21F4N3O4/c25-16-3-1-4-17(11-16)31-23(34)18(22(33)29-20(13-32)21-5-2-10-35-21)12-19(30-31)14-6-8-15(9-7-14)24(26,27)28/h1,3-4,6-9,11-12,20-21,32H,2,5,10,13H2,(H,29,33)/t20-,21-/m1/s1. The molecule has 7 nitrogen and oxygen atoms in total. The lowest BCUT2D eigenvalue weighted by Gasteiger charge is -2.22. The molecule has 0 saturated carbocycles. The number of carbonyl (C=O) groups excluding carboxylic acids is 1. The van der Waals surface area contributed by atoms with Crippen LogP contribution in [0.5, 0.6) is 0 Å². The van der Waals surface area contributed by atoms with Crippen LogP contribution in [0.2, 0.25) is 0 Å². The number of aromatic nitrogens is 2. The summed E-state index contributed by atoms with van der Waals surface area (Å²) in [6.45, 7) is 0.0576. The van der Waals surface area contributed by atoms with Crippen molar-refractivity contribution >= 4 is 5.91 Å². The normalized spacial score (nSPS) is 16.8. The Balaban J connectivity index is 1.78. The third-order valence-corrected chi connectivity index (χ3v) is 5.64. The van der Waals surface area contributed by atoms with Gasteiger partial charge in [-0.1, -0.05) is 18.2 Å². The Kier molecular flexibility index (Phi) is 6.99. The van der Waals surface area contributed by atoms with Gasteiger partial charge in [-0.2, -0.15) is 23.0 Å². The molecule has 2 N–H and O–H groups in total. The zero-order valence-corrected chi connectivity index (χ0v) is 18.3. The molecule has 2 atom stereocenters. The number of halogens is 4. The van der Waals surface area contributed by atoms with Crippen LogP contribution in [-0.2, 0) is 10.9 Å². The molecular weight excluding hydrogens is 470 g/mol. The van der Waals surface area contributed by atoms with Crippen LogP contribution in [0.15, 0.2) is 59.4 Å². The summed E-state index contributed by atoms with van der Waals surface area (Å²) in [6.07, 6.45) is -3.59. The molecule has 1 saturated heterocycles. The van der Waals surface area contributed by atoms with Gasteiger partial charge in [0.25, 0.3) is 11.5 Å². The van der Waals surface area contributed by atoms with E-state index in [2.05, 4.69) is 10.4 Å². The zero-order valence-electron chi connectivity index (χ0n) is 18.3. The number of rotatable bonds is 6. The fourth-order valence-corrected chi connectivity index (χ4v) is 3.83. The molecule has 3 aromatic rings. The Morgan fingerprint density at radius 2 is 1.94 bits per heavy atom. The Bertz CT molecular complexity index is 1270. The zero-order chi connectivity index (χ0) is 25.2. The summed E-state index contributed by atoms with van der Waals surface area (Å²) in [5, 5.41) is 16.5. The van der Waals surface area contributed by atoms with Crippen LogP contribution >= 0.6 is 0 Å². The predicted octanol–water partition coefficient (Wildman–Crippen LogP) is 3.33. The molecule has 184 valence electrons. The van der Waals surface area contributed by atoms with E-state index in [9.17, 15) is 32.3 Å². The maximum Gasteiger partial charge on any atom is 0.416 e. The van der Waals surface area contributed by atoms with Crippen LogP contribution in [0, 0.1) is 5.82 Å². The minimum atomic E-state index is -4.54. The van der Waals surface area contributed by atoms with Crippen LogP contribution in [0.25, 0.3) is 16.9 Å². The Hall–Kier alpha value is -3.57. The molecule has 11 heteroatoms. The number of ether oxygens (including phenoxy) is 1. The van der Waals surface area contributed by atoms with Crippen LogP contribution in [0.1, 0.15) is 28.8 Å². The van der Waals surface area contributed by atoms with Gasteiger partial charge in [0.15, 0.2) is 0 Å². The summed E-state index contributed by atoms with van der Waals surface area (Å²) in [7, 11) is 0. The van der Waals surface area contributed by atoms with Crippen LogP contribution in [-0.4, -0.2) is 46.2 Å². The van der Waals surface area contributed by atoms with Gasteiger partial charge in [-0.05, 0) is 49.2 Å². The number of nitrogens with zero attached hydrogens (tertiary/aromatic N) is 2. The molecule has 0 unspecified atom stereocenters. The second-order valence-electron chi connectivity index (χ2n) is 8.03. The molecule has 1 fully saturated rings. The summed E-state index contributed by atoms with van der Waals surface area (Å²) in [4.78, 5) is 26.2. The molecule has 0 aliphatic carbocycles. The molecule has 4 rings (SSSR count). The summed E-state index contributed by atoms with van der Waals surface area (Å²) in [6, 6.07) is 9.37. The molecule has 2 aromatic carbocycles. The number of benzene rings is 2. The first-order valence-corrected chi connectivity index (χ1v) is 10.8. The van der Waals surface area contributed by atoms with Crippen molar-refractivity contribution in [3.8, 4) is 16.9 Å². The summed E-state index contributed by atoms with van der Waals surface area (Å²) < 4.78 is 59.1. The van der Waals surface area contributed by atoms with E-state index in [1.807, 2.05) is 0 Å². The topological polar surface area (TPSA) is 93.4 Å². The number of amides is 1. The second-order valence-corrected chi connectivity index (χ2v) is 8.03. The fraction of sp³-hybridized carbons (Fsp3) is 0.292. The Labute approximate surface area is 197 Å². The predicted molar refractivity (Wildman–Crippen MR) is 118 cm³/mol. The number of nitrogens with one attached hydrogen (secondary N) is 1. The minimum absolute atomic E-state index is 0.0189. The van der Waals surface area contributed by atoms with Crippen LogP contribution < -0.4 is 10.9 Å². The molecule has 1 amide bonds. The first kappa shape index (κ1) is 24.6. The second kappa shape index (κ2) is 9.96. The van der Waals surface area contributed by atoms with Crippen LogP contribution in [0.4, 0.5) is 17.6 Å². The highest BCUT2D eigenvalue weighted by Gasteiger charge is 2.31. The monoisotopic (exact) mass is 491 g/mol. The van der Waals surface area contributed by atoms with E-state index in [1.165, 1.54) is 12.1 Å². The summed E-state index contributed by atoms with van der Waals surface area (Å²) >= 11 is 0. The van der Waals surface area contributed by atoms with Gasteiger partial charge in [-0.25, -0.2) is 4.39 Å². The SMILES string of the molecule is O=C(N[C@H](CO)[C@H]1CCCO1)c1cc(-c2ccc(C(F)(F)F)cc2)nn(-c2cccc(F)c2)c1=O. The van der Waals surface area contributed by atoms with Gasteiger partial charge >= 0.3 is 6.18 Å². The number of carbonyl (C=O) groups is 1. The number of hydrogen-bond donors (Lipinski definition) is 2. The molecule has 0 radical (unpaired) electrons. The highest BCUT2D eigenvalue weighted by atomic mass is 19.4. The third-order valence-electron chi connectivity index (χ3n) is 5.64. The van der Waals surface area contributed by atoms with Crippen molar-refractivity contribution in [3.05, 3.63) is 81.9 Å². The Morgan fingerprint density at radius 1 is 1.20 bits per heavy atom. The van der Waals surface area contributed by atoms with Gasteiger partial charge in [-0.3, -0.25) is 9.59 Å². The molecule has 1 aliphatic rings. The van der Waals surface area contributed by atoms with Crippen molar-refractivity contribution in [1.29, 1.82) is 0 Å². The fourth-order valence-electron chi connectivity index (χ4n) is 3.83. The Morgan fingerprint density at radius 3 is 2.54 bits per heavy atom. The van der Waals surface area contributed by atoms with Crippen molar-refractivity contribution in [2.24, 2.45) is 0 Å². The van der Waals surface area contributed by atoms with E-state index in [4.69, 9.17) is 4.74 Å². The van der Waals surface area contributed by atoms with E-state index in [-0.39, 0.29) is 22.5 Å². The largest absolute Gasteiger partial charge is 0.416 e. The molecule has 0 spiro atoms. The minimum Gasteiger partial charge on any atom is -0.394 e. The van der Waals surface area contributed by atoms with Crippen molar-refractivity contribution in [1.82, 2.24) is 15.1 Å². The van der Waals surface area contributed by atoms with Gasteiger partial charge in [0.05, 0.1) is 35.7 Å². The van der Waals surface area contributed by atoms with E-state index < -0.39 is 47.8 Å². The highest BCUT2D eigenvalue weighted by Crippen LogP contribution is 2.30. The maximum absolute atomic E-state index is 13.8. The average Bonchev–Trinajstić information content (AvgIpc) is 3.37. The molecule has 2 heterocycles. The van der Waals surface area contributed by atoms with Crippen LogP contribution in [0.3, 0.4) is 0 Å². The molecular formula is C24H21F4N3O4. The number of alkyl halides is 3. The molecule has 35 heavy (non-hydrogen) atoms. The van der Waals surface area contributed by atoms with E-state index in [1.54, 1.807) is 0 Å². The number of aliphatic hydroxyl groups is 1. The van der Waals surface area contributed by atoms with Gasteiger partial charge in [-0.15, -0.1) is 0 Å². The first-order valence-electron chi connectivity index (χ1n) is 10.8. The van der Waals surface area contributed by atoms with Gasteiger partial charge in [0.2, 0.25) is 0 Å². The van der Waals surface area contributed by atoms with Crippen molar-refractivity contribution in [2.75, 3.05) is 13.2 Å². The number of hydrogen-bond acceptors (Lipinski definition) is 5. The smallest absolute Gasteiger partial charge is 0.394 e. The number of aliphatic hydroxyl groups excluding tert-OH is 1. The molecule has 1 aliphatic heterocycles. The van der Waals surface area contributed by atoms with E-state index >= 15 is 0 Å². The molecule has 1 aromatic heterocycles. The van der Waals surface area contributed by atoms with E-state index in [0.717, 1.165) is 53.6 Å². The molecule has 0 bridgehead atoms. The summed E-state index contributed by atoms with van der Waals surface area (Å²) in [5.74, 6) is -1.48. The lowest BCUT2D eigenvalue weighted by Crippen LogP contribution is -2.47. The van der Waals surface area contributed by atoms with Gasteiger partial charge in [0, 0.05) is 12.2 Å². The third kappa shape index (κ3) is 5.41. The van der Waals surface area contributed by atoms with Crippen molar-refractivity contribution in [2.45, 2.75) is 31.2 Å². The lowest BCUT2D eigenvalue weighted by molar-refractivity contribution is -0.137. The maximum atomic E-state index is 13.8. The lowest BCUT2D eigenvalue weighted by atomic mass is 10.1. The van der Waals surface area contributed by atoms with Crippen molar-refractivity contribution in [3.63, 3.8) is 0 Å². The average molecular weight is 491 g/mol. The van der Waals surface area contributed by atoms with Gasteiger partial charge < -0.3 is 15.2 Å². The van der Waals surface area contributed by atoms with Crippen molar-refractivity contribution < 1.29 is 32.2 Å². The van der Waals surface area contributed by atoms with Gasteiger partial charge in [0.1, 0.15) is 11.4 Å². The summed E-state index contributed by atoms with van der Waals surface area (Å²) in [5.41, 5.74) is -1.88.